The maximum absolute atomic E-state index is 8.88. The molecule has 0 aromatic heterocycles. The zero-order valence-corrected chi connectivity index (χ0v) is 14.3. The Morgan fingerprint density at radius 3 is 0.923 bits per heavy atom. The number of hydrogen-bond acceptors (Lipinski definition) is 5. The van der Waals surface area contributed by atoms with Gasteiger partial charge in [0.25, 0.3) is 0 Å². The number of rotatable bonds is 0. The molecule has 0 saturated heterocycles. The first-order chi connectivity index (χ1) is 4.00. The van der Waals surface area contributed by atoms with Crippen LogP contribution < -0.4 is 27.1 Å². The number of phosphoric acid groups is 2. The normalized spacial score (nSPS) is 9.08. The third kappa shape index (κ3) is 253. The van der Waals surface area contributed by atoms with E-state index in [0.29, 0.717) is 0 Å². The second kappa shape index (κ2) is 13.3. The first-order valence-electron chi connectivity index (χ1n) is 1.51. The molecule has 13 heavy (non-hydrogen) atoms. The van der Waals surface area contributed by atoms with Gasteiger partial charge in [0, 0.05) is 0 Å². The summed E-state index contributed by atoms with van der Waals surface area (Å²) in [7, 11) is -10.0. The van der Waals surface area contributed by atoms with E-state index in [1.54, 1.807) is 0 Å². The van der Waals surface area contributed by atoms with Gasteiger partial charge in [-0.05, 0) is 0 Å². The minimum atomic E-state index is -5.39. The summed E-state index contributed by atoms with van der Waals surface area (Å²) in [5.74, 6) is 0. The van der Waals surface area contributed by atoms with Gasteiger partial charge in [-0.15, -0.1) is 0 Å². The maximum atomic E-state index is 8.88. The molecule has 0 atom stereocenters. The van der Waals surface area contributed by atoms with Crippen LogP contribution in [0.2, 0.25) is 0 Å². The van der Waals surface area contributed by atoms with Crippen molar-refractivity contribution in [1.82, 2.24) is 0 Å². The summed E-state index contributed by atoms with van der Waals surface area (Å²) in [5, 5.41) is 0. The third-order valence-electron chi connectivity index (χ3n) is 0. The number of hydrogen-bond donors (Lipinski definition) is 3. The van der Waals surface area contributed by atoms with Crippen LogP contribution in [-0.4, -0.2) is 97.9 Å². The first-order valence-corrected chi connectivity index (χ1v) is 4.54. The smallest absolute Gasteiger partial charge is 1.00 e. The average Bonchev–Trinajstić information content (AvgIpc) is 1.12. The Balaban J connectivity index is -0.0000000267. The van der Waals surface area contributed by atoms with Gasteiger partial charge in [-0.1, -0.05) is 0 Å². The van der Waals surface area contributed by atoms with Crippen molar-refractivity contribution in [3.05, 3.63) is 0 Å². The Hall–Kier alpha value is 3.25. The van der Waals surface area contributed by atoms with Crippen LogP contribution in [-0.2, 0) is 9.13 Å². The molecule has 0 aliphatic carbocycles. The Labute approximate surface area is 147 Å². The van der Waals surface area contributed by atoms with E-state index < -0.39 is 15.6 Å². The van der Waals surface area contributed by atoms with Crippen LogP contribution in [0.3, 0.4) is 0 Å². The quantitative estimate of drug-likeness (QED) is 0.285. The summed E-state index contributed by atoms with van der Waals surface area (Å²) < 4.78 is 17.4. The molecule has 0 saturated carbocycles. The Morgan fingerprint density at radius 1 is 0.923 bits per heavy atom. The minimum absolute atomic E-state index is 0. The van der Waals surface area contributed by atoms with Crippen LogP contribution in [0.25, 0.3) is 0 Å². The molecule has 0 aliphatic rings. The molecule has 0 unspecified atom stereocenters. The molecular formula is H3CaClO8P2Sr. The summed E-state index contributed by atoms with van der Waals surface area (Å²) in [5.41, 5.74) is 0. The molecule has 0 aromatic carbocycles. The fourth-order valence-corrected chi connectivity index (χ4v) is 0. The van der Waals surface area contributed by atoms with Crippen LogP contribution in [0, 0.1) is 0 Å². The second-order valence-corrected chi connectivity index (χ2v) is 2.88. The van der Waals surface area contributed by atoms with E-state index in [0.717, 1.165) is 0 Å². The Kier molecular flexibility index (Phi) is 30.6. The van der Waals surface area contributed by atoms with Crippen molar-refractivity contribution < 1.29 is 50.9 Å². The zero-order valence-electron chi connectivity index (χ0n) is 6.07. The Morgan fingerprint density at radius 2 is 0.923 bits per heavy atom. The van der Waals surface area contributed by atoms with Crippen molar-refractivity contribution in [2.45, 2.75) is 0 Å². The average molecular weight is 356 g/mol. The standard InChI is InChI=1S/Ca.ClH.2H3O4P.Sr/c;;2*1-5(2,3)4;/h;1H;2*(H3,1,2,3,4);/q+2;;;;+2/p-4. The zero-order chi connectivity index (χ0) is 9.00. The topological polar surface area (TPSA) is 164 Å². The predicted octanol–water partition coefficient (Wildman–Crippen LogP) is -7.51. The second-order valence-electron chi connectivity index (χ2n) is 0.960. The van der Waals surface area contributed by atoms with Gasteiger partial charge in [0.05, 0.1) is 0 Å². The van der Waals surface area contributed by atoms with Gasteiger partial charge in [0.15, 0.2) is 0 Å². The summed E-state index contributed by atoms with van der Waals surface area (Å²) in [6.45, 7) is 0. The molecule has 0 heterocycles. The Bertz CT molecular complexity index is 134. The van der Waals surface area contributed by atoms with Gasteiger partial charge in [-0.3, -0.25) is 0 Å². The third-order valence-corrected chi connectivity index (χ3v) is 0. The van der Waals surface area contributed by atoms with Crippen LogP contribution in [0.1, 0.15) is 0 Å². The van der Waals surface area contributed by atoms with E-state index in [-0.39, 0.29) is 95.6 Å². The maximum Gasteiger partial charge on any atom is 2.00 e. The molecule has 0 aromatic rings. The van der Waals surface area contributed by atoms with E-state index in [1.807, 2.05) is 0 Å². The van der Waals surface area contributed by atoms with E-state index in [9.17, 15) is 0 Å². The van der Waals surface area contributed by atoms with E-state index in [1.165, 1.54) is 0 Å². The molecule has 0 amide bonds. The molecule has 3 N–H and O–H groups in total. The minimum Gasteiger partial charge on any atom is -1.00 e. The first kappa shape index (κ1) is 29.9. The SMILES string of the molecule is O=P(O)(O)O.O=P([O-])([O-])[O-].[Ca+2].[Cl-].[Sr+2]. The van der Waals surface area contributed by atoms with Crippen molar-refractivity contribution in [3.63, 3.8) is 0 Å². The molecule has 0 aliphatic heterocycles. The van der Waals surface area contributed by atoms with Crippen LogP contribution in [0.5, 0.6) is 0 Å². The molecule has 0 rings (SSSR count). The fraction of sp³-hybridized carbons (Fsp3) is 0. The molecule has 8 nitrogen and oxygen atoms in total. The van der Waals surface area contributed by atoms with E-state index in [4.69, 9.17) is 38.5 Å². The molecule has 0 radical (unpaired) electrons. The van der Waals surface area contributed by atoms with Gasteiger partial charge >= 0.3 is 91.0 Å². The molecule has 0 bridgehead atoms. The monoisotopic (exact) mass is 356 g/mol. The van der Waals surface area contributed by atoms with E-state index >= 15 is 0 Å². The summed E-state index contributed by atoms with van der Waals surface area (Å²) >= 11 is 0. The largest absolute Gasteiger partial charge is 2.00 e. The molecule has 0 fully saturated rings. The number of halogens is 1. The summed E-state index contributed by atoms with van der Waals surface area (Å²) in [4.78, 5) is 47.2. The summed E-state index contributed by atoms with van der Waals surface area (Å²) in [6, 6.07) is 0. The van der Waals surface area contributed by atoms with Crippen molar-refractivity contribution in [2.24, 2.45) is 0 Å². The van der Waals surface area contributed by atoms with Gasteiger partial charge in [-0.2, -0.15) is 7.82 Å². The molecular weight excluding hydrogens is 353 g/mol. The van der Waals surface area contributed by atoms with Crippen LogP contribution in [0.15, 0.2) is 0 Å². The van der Waals surface area contributed by atoms with Gasteiger partial charge in [-0.25, -0.2) is 4.57 Å². The molecule has 13 heteroatoms. The van der Waals surface area contributed by atoms with E-state index in [2.05, 4.69) is 0 Å². The van der Waals surface area contributed by atoms with Crippen molar-refractivity contribution in [3.8, 4) is 0 Å². The fourth-order valence-electron chi connectivity index (χ4n) is 0. The van der Waals surface area contributed by atoms with Gasteiger partial charge < -0.3 is 46.3 Å². The summed E-state index contributed by atoms with van der Waals surface area (Å²) in [6.07, 6.45) is 0. The van der Waals surface area contributed by atoms with Crippen molar-refractivity contribution in [2.75, 3.05) is 0 Å². The van der Waals surface area contributed by atoms with Crippen LogP contribution in [0.4, 0.5) is 0 Å². The van der Waals surface area contributed by atoms with Gasteiger partial charge in [0.1, 0.15) is 0 Å². The van der Waals surface area contributed by atoms with Crippen LogP contribution >= 0.6 is 15.6 Å². The van der Waals surface area contributed by atoms with Crippen molar-refractivity contribution >= 4 is 98.9 Å². The van der Waals surface area contributed by atoms with Crippen molar-refractivity contribution in [1.29, 1.82) is 0 Å². The molecule has 72 valence electrons. The molecule has 0 spiro atoms. The van der Waals surface area contributed by atoms with Gasteiger partial charge in [0.2, 0.25) is 0 Å². The predicted molar refractivity (Wildman–Crippen MR) is 33.4 cm³/mol.